The van der Waals surface area contributed by atoms with Crippen LogP contribution in [0, 0.1) is 5.92 Å². The van der Waals surface area contributed by atoms with Gasteiger partial charge in [0, 0.05) is 39.3 Å². The number of nitrogens with zero attached hydrogens (tertiary/aromatic N) is 5. The van der Waals surface area contributed by atoms with E-state index in [1.54, 1.807) is 7.11 Å². The lowest BCUT2D eigenvalue weighted by molar-refractivity contribution is 0.246. The van der Waals surface area contributed by atoms with Crippen LogP contribution in [0.2, 0.25) is 0 Å². The van der Waals surface area contributed by atoms with E-state index in [0.29, 0.717) is 17.9 Å². The minimum Gasteiger partial charge on any atom is -0.467 e. The first-order chi connectivity index (χ1) is 10.3. The molecule has 0 aromatic carbocycles. The van der Waals surface area contributed by atoms with Crippen molar-refractivity contribution < 1.29 is 4.74 Å². The predicted molar refractivity (Wildman–Crippen MR) is 81.9 cm³/mol. The van der Waals surface area contributed by atoms with Gasteiger partial charge in [0.15, 0.2) is 0 Å². The van der Waals surface area contributed by atoms with Crippen molar-refractivity contribution in [1.82, 2.24) is 19.9 Å². The maximum absolute atomic E-state index is 5.18. The molecule has 0 amide bonds. The Kier molecular flexibility index (Phi) is 4.38. The number of aromatic nitrogens is 3. The Morgan fingerprint density at radius 1 is 1.14 bits per heavy atom. The highest BCUT2D eigenvalue weighted by Gasteiger charge is 2.27. The van der Waals surface area contributed by atoms with Crippen molar-refractivity contribution in [2.75, 3.05) is 56.6 Å². The summed E-state index contributed by atoms with van der Waals surface area (Å²) in [4.78, 5) is 17.8. The normalized spacial score (nSPS) is 19.6. The summed E-state index contributed by atoms with van der Waals surface area (Å²) < 4.78 is 5.18. The largest absolute Gasteiger partial charge is 0.467 e. The van der Waals surface area contributed by atoms with Gasteiger partial charge in [-0.1, -0.05) is 0 Å². The minimum atomic E-state index is 0.372. The van der Waals surface area contributed by atoms with E-state index in [-0.39, 0.29) is 0 Å². The average Bonchev–Trinajstić information content (AvgIpc) is 3.32. The van der Waals surface area contributed by atoms with E-state index >= 15 is 0 Å². The van der Waals surface area contributed by atoms with Crippen molar-refractivity contribution >= 4 is 11.9 Å². The van der Waals surface area contributed by atoms with Crippen molar-refractivity contribution in [3.8, 4) is 6.01 Å². The first kappa shape index (κ1) is 14.3. The van der Waals surface area contributed by atoms with Gasteiger partial charge in [-0.05, 0) is 25.7 Å². The van der Waals surface area contributed by atoms with Crippen LogP contribution in [0.3, 0.4) is 0 Å². The molecule has 0 bridgehead atoms. The molecule has 21 heavy (non-hydrogen) atoms. The third kappa shape index (κ3) is 3.72. The molecule has 1 saturated carbocycles. The Morgan fingerprint density at radius 3 is 2.52 bits per heavy atom. The molecule has 1 saturated heterocycles. The molecular weight excluding hydrogens is 268 g/mol. The lowest BCUT2D eigenvalue weighted by Gasteiger charge is -2.34. The SMILES string of the molecule is CCNc1nc(OC)nc(N2CCN(CC3CC3)CC2)n1. The molecule has 116 valence electrons. The zero-order valence-corrected chi connectivity index (χ0v) is 12.9. The maximum atomic E-state index is 5.18. The summed E-state index contributed by atoms with van der Waals surface area (Å²) in [6.45, 7) is 8.16. The minimum absolute atomic E-state index is 0.372. The van der Waals surface area contributed by atoms with Gasteiger partial charge >= 0.3 is 6.01 Å². The van der Waals surface area contributed by atoms with Gasteiger partial charge in [0.2, 0.25) is 11.9 Å². The van der Waals surface area contributed by atoms with Crippen LogP contribution >= 0.6 is 0 Å². The van der Waals surface area contributed by atoms with Gasteiger partial charge < -0.3 is 15.0 Å². The van der Waals surface area contributed by atoms with Crippen molar-refractivity contribution in [3.63, 3.8) is 0 Å². The van der Waals surface area contributed by atoms with E-state index in [0.717, 1.165) is 38.6 Å². The first-order valence-electron chi connectivity index (χ1n) is 7.79. The standard InChI is InChI=1S/C14H24N6O/c1-3-15-12-16-13(18-14(17-12)21-2)20-8-6-19(7-9-20)10-11-4-5-11/h11H,3-10H2,1-2H3,(H,15,16,17,18). The molecule has 1 aromatic rings. The second-order valence-electron chi connectivity index (χ2n) is 5.71. The lowest BCUT2D eigenvalue weighted by atomic mass is 10.3. The molecule has 2 fully saturated rings. The number of ether oxygens (including phenoxy) is 1. The number of hydrogen-bond donors (Lipinski definition) is 1. The van der Waals surface area contributed by atoms with E-state index < -0.39 is 0 Å². The van der Waals surface area contributed by atoms with E-state index in [4.69, 9.17) is 4.74 Å². The zero-order chi connectivity index (χ0) is 14.7. The monoisotopic (exact) mass is 292 g/mol. The molecule has 7 heteroatoms. The highest BCUT2D eigenvalue weighted by molar-refractivity contribution is 5.38. The predicted octanol–water partition coefficient (Wildman–Crippen LogP) is 0.844. The van der Waals surface area contributed by atoms with Crippen LogP contribution in [0.1, 0.15) is 19.8 Å². The lowest BCUT2D eigenvalue weighted by Crippen LogP contribution is -2.47. The number of anilines is 2. The van der Waals surface area contributed by atoms with Crippen molar-refractivity contribution in [3.05, 3.63) is 0 Å². The van der Waals surface area contributed by atoms with E-state index in [9.17, 15) is 0 Å². The highest BCUT2D eigenvalue weighted by Crippen LogP contribution is 2.30. The number of nitrogens with one attached hydrogen (secondary N) is 1. The van der Waals surface area contributed by atoms with E-state index in [2.05, 4.69) is 30.1 Å². The summed E-state index contributed by atoms with van der Waals surface area (Å²) in [5.74, 6) is 2.25. The van der Waals surface area contributed by atoms with Crippen molar-refractivity contribution in [2.24, 2.45) is 5.92 Å². The van der Waals surface area contributed by atoms with Gasteiger partial charge in [-0.3, -0.25) is 4.90 Å². The second kappa shape index (κ2) is 6.43. The summed E-state index contributed by atoms with van der Waals surface area (Å²) in [6.07, 6.45) is 2.83. The molecule has 1 N–H and O–H groups in total. The molecule has 2 aliphatic rings. The van der Waals surface area contributed by atoms with Gasteiger partial charge in [0.25, 0.3) is 0 Å². The Hall–Kier alpha value is -1.63. The average molecular weight is 292 g/mol. The molecule has 1 aliphatic carbocycles. The van der Waals surface area contributed by atoms with Gasteiger partial charge in [-0.2, -0.15) is 15.0 Å². The van der Waals surface area contributed by atoms with Crippen LogP contribution in [0.15, 0.2) is 0 Å². The van der Waals surface area contributed by atoms with E-state index in [1.807, 2.05) is 6.92 Å². The molecule has 0 spiro atoms. The molecule has 0 radical (unpaired) electrons. The molecule has 0 unspecified atom stereocenters. The Bertz CT molecular complexity index is 471. The van der Waals surface area contributed by atoms with Crippen molar-refractivity contribution in [1.29, 1.82) is 0 Å². The van der Waals surface area contributed by atoms with Crippen LogP contribution in [0.5, 0.6) is 6.01 Å². The zero-order valence-electron chi connectivity index (χ0n) is 12.9. The Balaban J connectivity index is 1.64. The van der Waals surface area contributed by atoms with Crippen molar-refractivity contribution in [2.45, 2.75) is 19.8 Å². The third-order valence-corrected chi connectivity index (χ3v) is 3.99. The van der Waals surface area contributed by atoms with Crippen LogP contribution in [0.4, 0.5) is 11.9 Å². The quantitative estimate of drug-likeness (QED) is 0.833. The number of piperazine rings is 1. The Morgan fingerprint density at radius 2 is 1.90 bits per heavy atom. The fourth-order valence-corrected chi connectivity index (χ4v) is 2.61. The molecule has 1 aliphatic heterocycles. The smallest absolute Gasteiger partial charge is 0.322 e. The molecular formula is C14H24N6O. The Labute approximate surface area is 125 Å². The summed E-state index contributed by atoms with van der Waals surface area (Å²) in [5.41, 5.74) is 0. The first-order valence-corrected chi connectivity index (χ1v) is 7.79. The van der Waals surface area contributed by atoms with E-state index in [1.165, 1.54) is 19.4 Å². The van der Waals surface area contributed by atoms with Gasteiger partial charge in [0.1, 0.15) is 0 Å². The number of methoxy groups -OCH3 is 1. The van der Waals surface area contributed by atoms with Crippen LogP contribution in [-0.2, 0) is 0 Å². The summed E-state index contributed by atoms with van der Waals surface area (Å²) in [7, 11) is 1.59. The summed E-state index contributed by atoms with van der Waals surface area (Å²) in [5, 5.41) is 3.13. The highest BCUT2D eigenvalue weighted by atomic mass is 16.5. The second-order valence-corrected chi connectivity index (χ2v) is 5.71. The number of rotatable bonds is 6. The van der Waals surface area contributed by atoms with Crippen LogP contribution < -0.4 is 15.0 Å². The fourth-order valence-electron chi connectivity index (χ4n) is 2.61. The number of hydrogen-bond acceptors (Lipinski definition) is 7. The third-order valence-electron chi connectivity index (χ3n) is 3.99. The summed E-state index contributed by atoms with van der Waals surface area (Å²) >= 11 is 0. The molecule has 7 nitrogen and oxygen atoms in total. The van der Waals surface area contributed by atoms with Gasteiger partial charge in [-0.15, -0.1) is 0 Å². The molecule has 2 heterocycles. The van der Waals surface area contributed by atoms with Crippen LogP contribution in [0.25, 0.3) is 0 Å². The molecule has 0 atom stereocenters. The maximum Gasteiger partial charge on any atom is 0.322 e. The van der Waals surface area contributed by atoms with Gasteiger partial charge in [-0.25, -0.2) is 0 Å². The fraction of sp³-hybridized carbons (Fsp3) is 0.786. The topological polar surface area (TPSA) is 66.4 Å². The van der Waals surface area contributed by atoms with Gasteiger partial charge in [0.05, 0.1) is 7.11 Å². The molecule has 3 rings (SSSR count). The molecule has 1 aromatic heterocycles. The van der Waals surface area contributed by atoms with Crippen LogP contribution in [-0.4, -0.2) is 66.2 Å². The summed E-state index contributed by atoms with van der Waals surface area (Å²) in [6, 6.07) is 0.372.